The molecule has 6 aromatic heterocycles. The molecule has 0 fully saturated rings. The maximum Gasteiger partial charge on any atom is 0.220 e. The third-order valence-corrected chi connectivity index (χ3v) is 12.3. The van der Waals surface area contributed by atoms with Crippen LogP contribution in [0.25, 0.3) is 94.7 Å². The van der Waals surface area contributed by atoms with Crippen LogP contribution in [0.1, 0.15) is 52.7 Å². The van der Waals surface area contributed by atoms with Gasteiger partial charge in [-0.2, -0.15) is 0 Å². The Balaban J connectivity index is 1.17. The number of fused-ring (bicyclic) bond motifs is 13. The lowest BCUT2D eigenvalue weighted by molar-refractivity contribution is 0.591. The third-order valence-electron chi connectivity index (χ3n) is 12.3. The fraction of sp³-hybridized carbons (Fsp3) is 0.157. The number of nitrogens with zero attached hydrogens (tertiary/aromatic N) is 8. The average Bonchev–Trinajstić information content (AvgIpc) is 4.02. The summed E-state index contributed by atoms with van der Waals surface area (Å²) in [4.78, 5) is 15.5. The number of rotatable bonds is 3. The van der Waals surface area contributed by atoms with Crippen molar-refractivity contribution in [1.82, 2.24) is 37.5 Å². The fourth-order valence-corrected chi connectivity index (χ4v) is 9.25. The lowest BCUT2D eigenvalue weighted by atomic mass is 9.86. The largest absolute Gasteiger partial charge is 0.294 e. The second kappa shape index (κ2) is 11.7. The Hall–Kier alpha value is -7.19. The summed E-state index contributed by atoms with van der Waals surface area (Å²) in [5, 5.41) is 2.37. The van der Waals surface area contributed by atoms with Crippen molar-refractivity contribution < 1.29 is 0 Å². The first-order chi connectivity index (χ1) is 28.5. The van der Waals surface area contributed by atoms with Gasteiger partial charge in [0.05, 0.1) is 66.5 Å². The van der Waals surface area contributed by atoms with Crippen LogP contribution < -0.4 is 0 Å². The fourth-order valence-electron chi connectivity index (χ4n) is 9.25. The highest BCUT2D eigenvalue weighted by molar-refractivity contribution is 6.10. The third kappa shape index (κ3) is 4.80. The number of imidazole rings is 4. The van der Waals surface area contributed by atoms with Gasteiger partial charge in [-0.3, -0.25) is 22.5 Å². The minimum atomic E-state index is -0.0176. The first-order valence-electron chi connectivity index (χ1n) is 20.4. The van der Waals surface area contributed by atoms with Gasteiger partial charge in [-0.05, 0) is 107 Å². The molecule has 286 valence electrons. The molecule has 59 heavy (non-hydrogen) atoms. The van der Waals surface area contributed by atoms with Crippen molar-refractivity contribution in [1.29, 1.82) is 0 Å². The van der Waals surface area contributed by atoms with E-state index < -0.39 is 0 Å². The standard InChI is InChI=1S/C51H42N8/c1-50(2,3)31-18-23-38-44(27-31)59-45-28-32(51(4,5)6)19-24-41(45)55(48(59)54-38)34-21-25-42-46(30-34)56(49-53-37-14-8-10-16-40(37)58(42)49)33-20-22-36-35-13-7-9-15-39(35)57(43(36)29-33)47-17-11-12-26-52-47/h7-30H,1-6H3. The Morgan fingerprint density at radius 1 is 0.390 bits per heavy atom. The summed E-state index contributed by atoms with van der Waals surface area (Å²) in [5.74, 6) is 2.63. The molecule has 0 atom stereocenters. The molecule has 0 aliphatic heterocycles. The number of hydrogen-bond acceptors (Lipinski definition) is 3. The molecule has 0 saturated carbocycles. The lowest BCUT2D eigenvalue weighted by Crippen LogP contribution is -2.11. The average molecular weight is 767 g/mol. The lowest BCUT2D eigenvalue weighted by Gasteiger charge is -2.19. The molecule has 6 heterocycles. The van der Waals surface area contributed by atoms with Gasteiger partial charge in [-0.15, -0.1) is 0 Å². The smallest absolute Gasteiger partial charge is 0.220 e. The van der Waals surface area contributed by atoms with Gasteiger partial charge in [0.1, 0.15) is 5.82 Å². The molecule has 0 N–H and O–H groups in total. The minimum Gasteiger partial charge on any atom is -0.294 e. The van der Waals surface area contributed by atoms with Gasteiger partial charge >= 0.3 is 0 Å². The first kappa shape index (κ1) is 33.9. The van der Waals surface area contributed by atoms with Crippen LogP contribution in [0.3, 0.4) is 0 Å². The molecule has 0 aliphatic carbocycles. The normalized spacial score (nSPS) is 12.9. The van der Waals surface area contributed by atoms with Crippen LogP contribution in [0.4, 0.5) is 0 Å². The zero-order valence-electron chi connectivity index (χ0n) is 33.9. The van der Waals surface area contributed by atoms with Gasteiger partial charge in [-0.25, -0.2) is 15.0 Å². The molecule has 0 saturated heterocycles. The van der Waals surface area contributed by atoms with E-state index in [9.17, 15) is 0 Å². The Morgan fingerprint density at radius 2 is 0.966 bits per heavy atom. The molecule has 6 aromatic carbocycles. The SMILES string of the molecule is CC(C)(C)c1ccc2nc3n(-c4ccc5c(c4)n(-c4ccc6c7ccccc7n(-c7ccccn7)c6c4)c4nc6ccccc6n54)c4ccc(C(C)(C)C)cc4n3c2c1. The van der Waals surface area contributed by atoms with Gasteiger partial charge in [0.2, 0.25) is 11.6 Å². The van der Waals surface area contributed by atoms with Crippen molar-refractivity contribution in [2.24, 2.45) is 0 Å². The van der Waals surface area contributed by atoms with Crippen molar-refractivity contribution in [3.8, 4) is 17.2 Å². The molecule has 12 aromatic rings. The summed E-state index contributed by atoms with van der Waals surface area (Å²) in [7, 11) is 0. The van der Waals surface area contributed by atoms with E-state index in [1.165, 1.54) is 21.9 Å². The van der Waals surface area contributed by atoms with Crippen LogP contribution in [0, 0.1) is 0 Å². The molecule has 0 aliphatic rings. The van der Waals surface area contributed by atoms with Crippen molar-refractivity contribution in [2.75, 3.05) is 0 Å². The summed E-state index contributed by atoms with van der Waals surface area (Å²) in [5.41, 5.74) is 15.3. The maximum atomic E-state index is 5.36. The van der Waals surface area contributed by atoms with Crippen LogP contribution in [0.2, 0.25) is 0 Å². The molecular formula is C51H42N8. The number of aromatic nitrogens is 8. The first-order valence-corrected chi connectivity index (χ1v) is 20.4. The van der Waals surface area contributed by atoms with Crippen LogP contribution in [-0.4, -0.2) is 37.5 Å². The van der Waals surface area contributed by atoms with E-state index in [1.807, 2.05) is 18.3 Å². The van der Waals surface area contributed by atoms with Gasteiger partial charge in [-0.1, -0.05) is 96.1 Å². The Morgan fingerprint density at radius 3 is 1.71 bits per heavy atom. The predicted molar refractivity (Wildman–Crippen MR) is 242 cm³/mol. The molecule has 0 unspecified atom stereocenters. The molecule has 0 bridgehead atoms. The van der Waals surface area contributed by atoms with E-state index in [1.54, 1.807) is 0 Å². The van der Waals surface area contributed by atoms with Gasteiger partial charge < -0.3 is 0 Å². The summed E-state index contributed by atoms with van der Waals surface area (Å²) >= 11 is 0. The number of pyridine rings is 1. The molecule has 12 rings (SSSR count). The summed E-state index contributed by atoms with van der Waals surface area (Å²) in [6.07, 6.45) is 1.86. The van der Waals surface area contributed by atoms with Crippen LogP contribution in [-0.2, 0) is 10.8 Å². The maximum absolute atomic E-state index is 5.36. The van der Waals surface area contributed by atoms with Gasteiger partial charge in [0.25, 0.3) is 0 Å². The second-order valence-electron chi connectivity index (χ2n) is 18.0. The number of para-hydroxylation sites is 3. The summed E-state index contributed by atoms with van der Waals surface area (Å²) < 4.78 is 11.6. The van der Waals surface area contributed by atoms with Crippen molar-refractivity contribution in [3.05, 3.63) is 157 Å². The summed E-state index contributed by atoms with van der Waals surface area (Å²) in [6, 6.07) is 50.3. The van der Waals surface area contributed by atoms with E-state index in [2.05, 4.69) is 191 Å². The Bertz CT molecular complexity index is 3690. The highest BCUT2D eigenvalue weighted by atomic mass is 15.2. The predicted octanol–water partition coefficient (Wildman–Crippen LogP) is 12.3. The van der Waals surface area contributed by atoms with Gasteiger partial charge in [0, 0.05) is 17.0 Å². The topological polar surface area (TPSA) is 62.3 Å². The van der Waals surface area contributed by atoms with E-state index in [4.69, 9.17) is 15.0 Å². The molecule has 0 amide bonds. The number of benzene rings is 6. The second-order valence-corrected chi connectivity index (χ2v) is 18.0. The van der Waals surface area contributed by atoms with Crippen molar-refractivity contribution in [2.45, 2.75) is 52.4 Å². The van der Waals surface area contributed by atoms with Gasteiger partial charge in [0.15, 0.2) is 0 Å². The molecule has 8 nitrogen and oxygen atoms in total. The van der Waals surface area contributed by atoms with Crippen LogP contribution in [0.5, 0.6) is 0 Å². The number of hydrogen-bond donors (Lipinski definition) is 0. The van der Waals surface area contributed by atoms with Crippen molar-refractivity contribution in [3.63, 3.8) is 0 Å². The van der Waals surface area contributed by atoms with Crippen molar-refractivity contribution >= 4 is 77.5 Å². The monoisotopic (exact) mass is 766 g/mol. The Kier molecular flexibility index (Phi) is 6.72. The van der Waals surface area contributed by atoms with E-state index in [0.29, 0.717) is 0 Å². The zero-order chi connectivity index (χ0) is 39.9. The van der Waals surface area contributed by atoms with E-state index in [0.717, 1.165) is 83.9 Å². The molecule has 0 radical (unpaired) electrons. The molecular weight excluding hydrogens is 725 g/mol. The highest BCUT2D eigenvalue weighted by Crippen LogP contribution is 2.38. The highest BCUT2D eigenvalue weighted by Gasteiger charge is 2.25. The molecule has 0 spiro atoms. The van der Waals surface area contributed by atoms with E-state index in [-0.39, 0.29) is 10.8 Å². The van der Waals surface area contributed by atoms with Crippen LogP contribution in [0.15, 0.2) is 146 Å². The minimum absolute atomic E-state index is 0.000444. The zero-order valence-corrected chi connectivity index (χ0v) is 33.9. The quantitative estimate of drug-likeness (QED) is 0.180. The summed E-state index contributed by atoms with van der Waals surface area (Å²) in [6.45, 7) is 13.7. The Labute approximate surface area is 340 Å². The van der Waals surface area contributed by atoms with E-state index >= 15 is 0 Å². The van der Waals surface area contributed by atoms with Crippen LogP contribution >= 0.6 is 0 Å². The molecule has 8 heteroatoms.